The predicted molar refractivity (Wildman–Crippen MR) is 117 cm³/mol. The predicted octanol–water partition coefficient (Wildman–Crippen LogP) is 3.60. The van der Waals surface area contributed by atoms with E-state index < -0.39 is 0 Å². The number of benzene rings is 1. The molecule has 6 nitrogen and oxygen atoms in total. The SMILES string of the molecule is CCc1cc2c(N3CCN(C(=O)COc4cc(C)ccc4C)CC3)ncnc2s1. The first kappa shape index (κ1) is 19.6. The maximum atomic E-state index is 12.6. The van der Waals surface area contributed by atoms with Crippen molar-refractivity contribution in [2.24, 2.45) is 0 Å². The van der Waals surface area contributed by atoms with Crippen molar-refractivity contribution in [1.29, 1.82) is 0 Å². The Morgan fingerprint density at radius 2 is 1.93 bits per heavy atom. The minimum Gasteiger partial charge on any atom is -0.483 e. The molecule has 152 valence electrons. The first-order chi connectivity index (χ1) is 14.0. The molecule has 29 heavy (non-hydrogen) atoms. The van der Waals surface area contributed by atoms with Gasteiger partial charge in [0, 0.05) is 31.1 Å². The summed E-state index contributed by atoms with van der Waals surface area (Å²) in [6, 6.07) is 8.24. The van der Waals surface area contributed by atoms with Crippen LogP contribution in [-0.4, -0.2) is 53.6 Å². The standard InChI is InChI=1S/C22H26N4O2S/c1-4-17-12-18-21(23-14-24-22(18)29-17)26-9-7-25(8-10-26)20(27)13-28-19-11-15(2)5-6-16(19)3/h5-6,11-12,14H,4,7-10,13H2,1-3H3. The van der Waals surface area contributed by atoms with Gasteiger partial charge in [0.15, 0.2) is 6.61 Å². The summed E-state index contributed by atoms with van der Waals surface area (Å²) in [4.78, 5) is 28.1. The molecule has 0 radical (unpaired) electrons. The van der Waals surface area contributed by atoms with Crippen LogP contribution in [0.25, 0.3) is 10.2 Å². The second-order valence-electron chi connectivity index (χ2n) is 7.41. The van der Waals surface area contributed by atoms with E-state index in [4.69, 9.17) is 4.74 Å². The van der Waals surface area contributed by atoms with Gasteiger partial charge in [-0.1, -0.05) is 19.1 Å². The second kappa shape index (κ2) is 8.37. The molecule has 3 heterocycles. The fourth-order valence-electron chi connectivity index (χ4n) is 3.58. The molecule has 7 heteroatoms. The summed E-state index contributed by atoms with van der Waals surface area (Å²) in [6.45, 7) is 9.12. The molecule has 0 N–H and O–H groups in total. The van der Waals surface area contributed by atoms with Crippen molar-refractivity contribution in [2.45, 2.75) is 27.2 Å². The smallest absolute Gasteiger partial charge is 0.260 e. The van der Waals surface area contributed by atoms with E-state index >= 15 is 0 Å². The lowest BCUT2D eigenvalue weighted by Crippen LogP contribution is -2.50. The summed E-state index contributed by atoms with van der Waals surface area (Å²) in [5, 5.41) is 1.12. The van der Waals surface area contributed by atoms with Gasteiger partial charge in [-0.25, -0.2) is 9.97 Å². The molecule has 1 aromatic carbocycles. The summed E-state index contributed by atoms with van der Waals surface area (Å²) < 4.78 is 5.79. The van der Waals surface area contributed by atoms with Gasteiger partial charge in [-0.2, -0.15) is 0 Å². The van der Waals surface area contributed by atoms with E-state index in [1.165, 1.54) is 4.88 Å². The van der Waals surface area contributed by atoms with Gasteiger partial charge in [0.1, 0.15) is 22.7 Å². The molecular weight excluding hydrogens is 384 g/mol. The van der Waals surface area contributed by atoms with Crippen molar-refractivity contribution in [3.8, 4) is 5.75 Å². The number of nitrogens with zero attached hydrogens (tertiary/aromatic N) is 4. The van der Waals surface area contributed by atoms with E-state index in [1.54, 1.807) is 17.7 Å². The molecular formula is C22H26N4O2S. The van der Waals surface area contributed by atoms with E-state index in [2.05, 4.69) is 27.9 Å². The lowest BCUT2D eigenvalue weighted by atomic mass is 10.1. The maximum Gasteiger partial charge on any atom is 0.260 e. The molecule has 1 amide bonds. The third kappa shape index (κ3) is 4.19. The van der Waals surface area contributed by atoms with Crippen LogP contribution in [0.2, 0.25) is 0 Å². The zero-order chi connectivity index (χ0) is 20.4. The van der Waals surface area contributed by atoms with Crippen molar-refractivity contribution in [3.63, 3.8) is 0 Å². The van der Waals surface area contributed by atoms with E-state index in [-0.39, 0.29) is 12.5 Å². The number of anilines is 1. The Balaban J connectivity index is 1.37. The molecule has 1 saturated heterocycles. The van der Waals surface area contributed by atoms with Crippen molar-refractivity contribution in [3.05, 3.63) is 46.6 Å². The minimum atomic E-state index is 0.0298. The average Bonchev–Trinajstić information content (AvgIpc) is 3.18. The Morgan fingerprint density at radius 1 is 1.14 bits per heavy atom. The molecule has 0 spiro atoms. The Labute approximate surface area is 175 Å². The summed E-state index contributed by atoms with van der Waals surface area (Å²) in [5.41, 5.74) is 2.17. The normalized spacial score (nSPS) is 14.4. The van der Waals surface area contributed by atoms with Crippen LogP contribution >= 0.6 is 11.3 Å². The molecule has 3 aromatic rings. The number of fused-ring (bicyclic) bond motifs is 1. The summed E-state index contributed by atoms with van der Waals surface area (Å²) in [6.07, 6.45) is 2.65. The number of rotatable bonds is 5. The molecule has 0 unspecified atom stereocenters. The van der Waals surface area contributed by atoms with Gasteiger partial charge in [-0.3, -0.25) is 4.79 Å². The van der Waals surface area contributed by atoms with Crippen LogP contribution in [0.15, 0.2) is 30.6 Å². The molecule has 0 bridgehead atoms. The summed E-state index contributed by atoms with van der Waals surface area (Å²) >= 11 is 1.73. The fraction of sp³-hybridized carbons (Fsp3) is 0.409. The maximum absolute atomic E-state index is 12.6. The second-order valence-corrected chi connectivity index (χ2v) is 8.52. The van der Waals surface area contributed by atoms with Gasteiger partial charge in [-0.15, -0.1) is 11.3 Å². The molecule has 0 saturated carbocycles. The molecule has 0 atom stereocenters. The van der Waals surface area contributed by atoms with Crippen LogP contribution in [0.1, 0.15) is 22.9 Å². The highest BCUT2D eigenvalue weighted by Gasteiger charge is 2.24. The molecule has 4 rings (SSSR count). The van der Waals surface area contributed by atoms with Crippen molar-refractivity contribution in [1.82, 2.24) is 14.9 Å². The van der Waals surface area contributed by atoms with Crippen molar-refractivity contribution >= 4 is 33.3 Å². The highest BCUT2D eigenvalue weighted by Crippen LogP contribution is 2.31. The number of hydrogen-bond donors (Lipinski definition) is 0. The highest BCUT2D eigenvalue weighted by atomic mass is 32.1. The lowest BCUT2D eigenvalue weighted by Gasteiger charge is -2.35. The van der Waals surface area contributed by atoms with Crippen LogP contribution in [0, 0.1) is 13.8 Å². The molecule has 0 aliphatic carbocycles. The van der Waals surface area contributed by atoms with E-state index in [9.17, 15) is 4.79 Å². The Hall–Kier alpha value is -2.67. The number of piperazine rings is 1. The van der Waals surface area contributed by atoms with Crippen LogP contribution in [-0.2, 0) is 11.2 Å². The van der Waals surface area contributed by atoms with Crippen LogP contribution in [0.4, 0.5) is 5.82 Å². The van der Waals surface area contributed by atoms with Gasteiger partial charge in [-0.05, 0) is 43.5 Å². The number of aromatic nitrogens is 2. The van der Waals surface area contributed by atoms with Crippen molar-refractivity contribution < 1.29 is 9.53 Å². The quantitative estimate of drug-likeness (QED) is 0.643. The first-order valence-corrected chi connectivity index (χ1v) is 10.8. The first-order valence-electron chi connectivity index (χ1n) is 10.0. The number of amides is 1. The Kier molecular flexibility index (Phi) is 5.67. The largest absolute Gasteiger partial charge is 0.483 e. The summed E-state index contributed by atoms with van der Waals surface area (Å²) in [7, 11) is 0. The van der Waals surface area contributed by atoms with Gasteiger partial charge < -0.3 is 14.5 Å². The molecule has 1 aliphatic heterocycles. The molecule has 1 aliphatic rings. The van der Waals surface area contributed by atoms with E-state index in [1.807, 2.05) is 36.9 Å². The van der Waals surface area contributed by atoms with E-state index in [0.29, 0.717) is 13.1 Å². The number of hydrogen-bond acceptors (Lipinski definition) is 6. The number of aryl methyl sites for hydroxylation is 3. The van der Waals surface area contributed by atoms with Gasteiger partial charge in [0.2, 0.25) is 0 Å². The van der Waals surface area contributed by atoms with E-state index in [0.717, 1.165) is 52.4 Å². The van der Waals surface area contributed by atoms with Crippen molar-refractivity contribution in [2.75, 3.05) is 37.7 Å². The van der Waals surface area contributed by atoms with Crippen LogP contribution < -0.4 is 9.64 Å². The molecule has 1 fully saturated rings. The number of carbonyl (C=O) groups excluding carboxylic acids is 1. The topological polar surface area (TPSA) is 58.6 Å². The Morgan fingerprint density at radius 3 is 2.69 bits per heavy atom. The van der Waals surface area contributed by atoms with Gasteiger partial charge in [0.05, 0.1) is 5.39 Å². The van der Waals surface area contributed by atoms with Crippen LogP contribution in [0.3, 0.4) is 0 Å². The summed E-state index contributed by atoms with van der Waals surface area (Å²) in [5.74, 6) is 1.79. The zero-order valence-electron chi connectivity index (χ0n) is 17.1. The average molecular weight is 411 g/mol. The fourth-order valence-corrected chi connectivity index (χ4v) is 4.51. The minimum absolute atomic E-state index is 0.0298. The van der Waals surface area contributed by atoms with Crippen LogP contribution in [0.5, 0.6) is 5.75 Å². The third-order valence-electron chi connectivity index (χ3n) is 5.33. The Bertz CT molecular complexity index is 1020. The zero-order valence-corrected chi connectivity index (χ0v) is 18.0. The lowest BCUT2D eigenvalue weighted by molar-refractivity contribution is -0.133. The number of ether oxygens (including phenoxy) is 1. The third-order valence-corrected chi connectivity index (χ3v) is 6.52. The highest BCUT2D eigenvalue weighted by molar-refractivity contribution is 7.18. The van der Waals surface area contributed by atoms with Gasteiger partial charge >= 0.3 is 0 Å². The number of thiophene rings is 1. The number of carbonyl (C=O) groups is 1. The monoisotopic (exact) mass is 410 g/mol. The van der Waals surface area contributed by atoms with Gasteiger partial charge in [0.25, 0.3) is 5.91 Å². The molecule has 2 aromatic heterocycles.